The number of benzene rings is 1. The molecule has 3 nitrogen and oxygen atoms in total. The van der Waals surface area contributed by atoms with E-state index in [1.807, 2.05) is 41.5 Å². The van der Waals surface area contributed by atoms with Gasteiger partial charge in [-0.3, -0.25) is 0 Å². The zero-order valence-corrected chi connectivity index (χ0v) is 18.7. The zero-order chi connectivity index (χ0) is 20.4. The summed E-state index contributed by atoms with van der Waals surface area (Å²) in [4.78, 5) is 0. The number of unbranched alkanes of at least 4 members (excludes halogenated alkanes) is 3. The van der Waals surface area contributed by atoms with E-state index in [2.05, 4.69) is 0 Å². The van der Waals surface area contributed by atoms with Crippen LogP contribution in [-0.4, -0.2) is 27.1 Å². The van der Waals surface area contributed by atoms with Gasteiger partial charge < -0.3 is 13.3 Å². The summed E-state index contributed by atoms with van der Waals surface area (Å²) in [5.74, 6) is -0.986. The van der Waals surface area contributed by atoms with Crippen LogP contribution in [0, 0.1) is 11.6 Å². The van der Waals surface area contributed by atoms with Crippen molar-refractivity contribution >= 4 is 8.80 Å². The minimum absolute atomic E-state index is 0.0515. The fraction of sp³-hybridized carbons (Fsp3) is 0.714. The Labute approximate surface area is 164 Å². The molecule has 0 spiro atoms. The standard InChI is InChI=1S/C21H36F2O3Si/c1-16(2)24-27(25-17(3)4,26-18(5)6)14-10-8-7-9-11-19-12-13-20(22)15-21(19)23/h12-13,15-18H,7-11,14H2,1-6H3. The molecule has 1 rings (SSSR count). The van der Waals surface area contributed by atoms with Crippen molar-refractivity contribution in [1.82, 2.24) is 0 Å². The van der Waals surface area contributed by atoms with Gasteiger partial charge in [-0.2, -0.15) is 0 Å². The molecule has 0 heterocycles. The van der Waals surface area contributed by atoms with Gasteiger partial charge in [0.25, 0.3) is 0 Å². The topological polar surface area (TPSA) is 27.7 Å². The first kappa shape index (κ1) is 24.2. The predicted octanol–water partition coefficient (Wildman–Crippen LogP) is 6.28. The molecule has 0 radical (unpaired) electrons. The summed E-state index contributed by atoms with van der Waals surface area (Å²) in [6.45, 7) is 12.0. The third kappa shape index (κ3) is 9.79. The lowest BCUT2D eigenvalue weighted by atomic mass is 10.1. The minimum Gasteiger partial charge on any atom is -0.371 e. The molecule has 0 aliphatic heterocycles. The molecule has 1 aromatic rings. The van der Waals surface area contributed by atoms with Crippen molar-refractivity contribution < 1.29 is 22.1 Å². The SMILES string of the molecule is CC(C)O[Si](CCCCCCc1ccc(F)cc1F)(OC(C)C)OC(C)C. The van der Waals surface area contributed by atoms with Crippen molar-refractivity contribution in [2.75, 3.05) is 0 Å². The van der Waals surface area contributed by atoms with Crippen molar-refractivity contribution in [2.45, 2.75) is 98.0 Å². The fourth-order valence-electron chi connectivity index (χ4n) is 3.07. The third-order valence-corrected chi connectivity index (χ3v) is 7.40. The monoisotopic (exact) mass is 402 g/mol. The lowest BCUT2D eigenvalue weighted by molar-refractivity contribution is 0.00278. The van der Waals surface area contributed by atoms with E-state index >= 15 is 0 Å². The van der Waals surface area contributed by atoms with E-state index in [1.165, 1.54) is 12.1 Å². The molecular formula is C21H36F2O3Si. The van der Waals surface area contributed by atoms with Crippen molar-refractivity contribution in [3.63, 3.8) is 0 Å². The highest BCUT2D eigenvalue weighted by atomic mass is 28.4. The summed E-state index contributed by atoms with van der Waals surface area (Å²) < 4.78 is 45.1. The van der Waals surface area contributed by atoms with Crippen LogP contribution in [0.4, 0.5) is 8.78 Å². The van der Waals surface area contributed by atoms with Gasteiger partial charge in [-0.1, -0.05) is 18.9 Å². The van der Waals surface area contributed by atoms with Crippen LogP contribution < -0.4 is 0 Å². The van der Waals surface area contributed by atoms with Crippen molar-refractivity contribution in [1.29, 1.82) is 0 Å². The predicted molar refractivity (Wildman–Crippen MR) is 108 cm³/mol. The smallest absolute Gasteiger partial charge is 0.371 e. The Morgan fingerprint density at radius 3 is 1.78 bits per heavy atom. The second-order valence-electron chi connectivity index (χ2n) is 7.83. The highest BCUT2D eigenvalue weighted by Crippen LogP contribution is 2.25. The number of aryl methyl sites for hydroxylation is 1. The van der Waals surface area contributed by atoms with Crippen LogP contribution in [0.2, 0.25) is 6.04 Å². The summed E-state index contributed by atoms with van der Waals surface area (Å²) in [6, 6.07) is 4.58. The van der Waals surface area contributed by atoms with Gasteiger partial charge in [0.05, 0.1) is 0 Å². The first-order valence-corrected chi connectivity index (χ1v) is 12.0. The molecular weight excluding hydrogens is 366 g/mol. The summed E-state index contributed by atoms with van der Waals surface area (Å²) in [5, 5.41) is 0. The van der Waals surface area contributed by atoms with E-state index in [1.54, 1.807) is 0 Å². The quantitative estimate of drug-likeness (QED) is 0.287. The molecule has 6 heteroatoms. The molecule has 0 aliphatic rings. The number of halogens is 2. The maximum absolute atomic E-state index is 13.7. The van der Waals surface area contributed by atoms with Crippen molar-refractivity contribution in [3.8, 4) is 0 Å². The van der Waals surface area contributed by atoms with Gasteiger partial charge in [0.1, 0.15) is 11.6 Å². The number of hydrogen-bond donors (Lipinski definition) is 0. The summed E-state index contributed by atoms with van der Waals surface area (Å²) in [6.07, 6.45) is 4.58. The van der Waals surface area contributed by atoms with Crippen LogP contribution in [0.25, 0.3) is 0 Å². The van der Waals surface area contributed by atoms with E-state index in [9.17, 15) is 8.78 Å². The first-order valence-electron chi connectivity index (χ1n) is 10.1. The van der Waals surface area contributed by atoms with Gasteiger partial charge in [0, 0.05) is 30.4 Å². The Bertz CT molecular complexity index is 524. The molecule has 0 saturated heterocycles. The van der Waals surface area contributed by atoms with Crippen LogP contribution in [0.1, 0.15) is 72.8 Å². The zero-order valence-electron chi connectivity index (χ0n) is 17.7. The van der Waals surface area contributed by atoms with E-state index in [0.29, 0.717) is 12.0 Å². The van der Waals surface area contributed by atoms with Crippen LogP contribution in [0.5, 0.6) is 0 Å². The molecule has 0 unspecified atom stereocenters. The molecule has 0 aromatic heterocycles. The van der Waals surface area contributed by atoms with Gasteiger partial charge in [0.15, 0.2) is 0 Å². The first-order chi connectivity index (χ1) is 12.6. The fourth-order valence-corrected chi connectivity index (χ4v) is 6.43. The second kappa shape index (κ2) is 11.9. The summed E-state index contributed by atoms with van der Waals surface area (Å²) >= 11 is 0. The molecule has 0 aliphatic carbocycles. The molecule has 0 N–H and O–H groups in total. The lowest BCUT2D eigenvalue weighted by Crippen LogP contribution is -2.50. The molecule has 0 fully saturated rings. The summed E-state index contributed by atoms with van der Waals surface area (Å²) in [5.41, 5.74) is 0.578. The van der Waals surface area contributed by atoms with E-state index in [4.69, 9.17) is 13.3 Å². The Morgan fingerprint density at radius 1 is 0.778 bits per heavy atom. The van der Waals surface area contributed by atoms with E-state index in [-0.39, 0.29) is 18.3 Å². The van der Waals surface area contributed by atoms with E-state index < -0.39 is 20.4 Å². The minimum atomic E-state index is -2.73. The van der Waals surface area contributed by atoms with Gasteiger partial charge >= 0.3 is 8.80 Å². The molecule has 0 bridgehead atoms. The molecule has 27 heavy (non-hydrogen) atoms. The van der Waals surface area contributed by atoms with Gasteiger partial charge in [0.2, 0.25) is 0 Å². The second-order valence-corrected chi connectivity index (χ2v) is 10.4. The average Bonchev–Trinajstić information content (AvgIpc) is 2.50. The average molecular weight is 403 g/mol. The molecule has 0 saturated carbocycles. The highest BCUT2D eigenvalue weighted by molar-refractivity contribution is 6.60. The Balaban J connectivity index is 2.49. The normalized spacial score (nSPS) is 12.6. The Hall–Kier alpha value is -0.823. The van der Waals surface area contributed by atoms with Crippen molar-refractivity contribution in [2.24, 2.45) is 0 Å². The van der Waals surface area contributed by atoms with Gasteiger partial charge in [-0.05, 0) is 72.4 Å². The molecule has 156 valence electrons. The van der Waals surface area contributed by atoms with E-state index in [0.717, 1.165) is 37.8 Å². The Morgan fingerprint density at radius 2 is 1.30 bits per heavy atom. The van der Waals surface area contributed by atoms with Crippen LogP contribution in [0.3, 0.4) is 0 Å². The molecule has 0 atom stereocenters. The van der Waals surface area contributed by atoms with Crippen LogP contribution >= 0.6 is 0 Å². The number of rotatable bonds is 13. The summed E-state index contributed by atoms with van der Waals surface area (Å²) in [7, 11) is -2.73. The van der Waals surface area contributed by atoms with Gasteiger partial charge in [-0.15, -0.1) is 0 Å². The lowest BCUT2D eigenvalue weighted by Gasteiger charge is -2.34. The highest BCUT2D eigenvalue weighted by Gasteiger charge is 2.43. The molecule has 0 amide bonds. The molecule has 1 aromatic carbocycles. The largest absolute Gasteiger partial charge is 0.501 e. The van der Waals surface area contributed by atoms with Crippen LogP contribution in [-0.2, 0) is 19.7 Å². The maximum Gasteiger partial charge on any atom is 0.501 e. The third-order valence-electron chi connectivity index (χ3n) is 3.94. The van der Waals surface area contributed by atoms with Crippen LogP contribution in [0.15, 0.2) is 18.2 Å². The van der Waals surface area contributed by atoms with Crippen molar-refractivity contribution in [3.05, 3.63) is 35.4 Å². The number of hydrogen-bond acceptors (Lipinski definition) is 3. The van der Waals surface area contributed by atoms with Gasteiger partial charge in [-0.25, -0.2) is 8.78 Å². The maximum atomic E-state index is 13.7. The Kier molecular flexibility index (Phi) is 10.7.